The van der Waals surface area contributed by atoms with Crippen molar-refractivity contribution in [3.63, 3.8) is 0 Å². The first kappa shape index (κ1) is 15.5. The molecule has 0 bridgehead atoms. The highest BCUT2D eigenvalue weighted by molar-refractivity contribution is 14.1. The van der Waals surface area contributed by atoms with E-state index < -0.39 is 0 Å². The third-order valence-corrected chi connectivity index (χ3v) is 3.34. The molecule has 0 atom stereocenters. The number of benzene rings is 1. The lowest BCUT2D eigenvalue weighted by molar-refractivity contribution is -0.117. The number of hydrogen-bond acceptors (Lipinski definition) is 1. The zero-order valence-corrected chi connectivity index (χ0v) is 14.0. The highest BCUT2D eigenvalue weighted by Crippen LogP contribution is 2.26. The van der Waals surface area contributed by atoms with Crippen molar-refractivity contribution in [2.75, 3.05) is 5.32 Å². The second-order valence-corrected chi connectivity index (χ2v) is 7.14. The minimum absolute atomic E-state index is 0.0214. The molecule has 2 nitrogen and oxygen atoms in total. The number of hydrogen-bond donors (Lipinski definition) is 1. The first-order valence-electron chi connectivity index (χ1n) is 6.32. The number of carbonyl (C=O) groups is 1. The largest absolute Gasteiger partial charge is 0.326 e. The summed E-state index contributed by atoms with van der Waals surface area (Å²) in [6.07, 6.45) is 1.48. The van der Waals surface area contributed by atoms with Crippen LogP contribution in [-0.2, 0) is 11.2 Å². The molecule has 0 saturated heterocycles. The minimum Gasteiger partial charge on any atom is -0.326 e. The van der Waals surface area contributed by atoms with E-state index in [2.05, 4.69) is 67.7 Å². The third kappa shape index (κ3) is 4.59. The smallest absolute Gasteiger partial charge is 0.224 e. The Hall–Kier alpha value is -0.580. The lowest BCUT2D eigenvalue weighted by Crippen LogP contribution is -2.20. The Morgan fingerprint density at radius 1 is 1.33 bits per heavy atom. The van der Waals surface area contributed by atoms with Crippen LogP contribution in [0.15, 0.2) is 12.1 Å². The fraction of sp³-hybridized carbons (Fsp3) is 0.533. The van der Waals surface area contributed by atoms with Gasteiger partial charge in [0, 0.05) is 15.7 Å². The number of aryl methyl sites for hydroxylation is 2. The summed E-state index contributed by atoms with van der Waals surface area (Å²) < 4.78 is 1.22. The van der Waals surface area contributed by atoms with Gasteiger partial charge >= 0.3 is 0 Å². The van der Waals surface area contributed by atoms with E-state index in [9.17, 15) is 4.79 Å². The van der Waals surface area contributed by atoms with E-state index in [0.717, 1.165) is 17.7 Å². The van der Waals surface area contributed by atoms with E-state index in [1.165, 1.54) is 9.13 Å². The quantitative estimate of drug-likeness (QED) is 0.789. The summed E-state index contributed by atoms with van der Waals surface area (Å²) in [4.78, 5) is 12.0. The third-order valence-electron chi connectivity index (χ3n) is 2.72. The fourth-order valence-corrected chi connectivity index (χ4v) is 2.78. The lowest BCUT2D eigenvalue weighted by Gasteiger charge is -2.19. The average molecular weight is 359 g/mol. The Balaban J connectivity index is 2.94. The Bertz CT molecular complexity index is 447. The predicted molar refractivity (Wildman–Crippen MR) is 86.0 cm³/mol. The molecule has 1 aromatic carbocycles. The van der Waals surface area contributed by atoms with Crippen molar-refractivity contribution in [2.45, 2.75) is 47.5 Å². The van der Waals surface area contributed by atoms with Crippen molar-refractivity contribution < 1.29 is 4.79 Å². The van der Waals surface area contributed by atoms with Crippen LogP contribution in [0.5, 0.6) is 0 Å². The van der Waals surface area contributed by atoms with E-state index >= 15 is 0 Å². The fourth-order valence-electron chi connectivity index (χ4n) is 1.94. The lowest BCUT2D eigenvalue weighted by atomic mass is 9.92. The molecule has 100 valence electrons. The summed E-state index contributed by atoms with van der Waals surface area (Å²) >= 11 is 2.31. The molecule has 18 heavy (non-hydrogen) atoms. The molecule has 1 rings (SSSR count). The van der Waals surface area contributed by atoms with Gasteiger partial charge in [-0.1, -0.05) is 27.7 Å². The van der Waals surface area contributed by atoms with E-state index in [1.54, 1.807) is 0 Å². The highest BCUT2D eigenvalue weighted by atomic mass is 127. The summed E-state index contributed by atoms with van der Waals surface area (Å²) in [5.74, 6) is 0.0986. The number of carbonyl (C=O) groups excluding carboxylic acids is 1. The maximum Gasteiger partial charge on any atom is 0.224 e. The van der Waals surface area contributed by atoms with Crippen molar-refractivity contribution in [1.29, 1.82) is 0 Å². The van der Waals surface area contributed by atoms with Crippen LogP contribution in [0, 0.1) is 15.9 Å². The molecule has 0 aliphatic heterocycles. The van der Waals surface area contributed by atoms with Crippen LogP contribution in [0.4, 0.5) is 5.69 Å². The zero-order chi connectivity index (χ0) is 13.9. The van der Waals surface area contributed by atoms with Gasteiger partial charge in [-0.05, 0) is 64.6 Å². The summed E-state index contributed by atoms with van der Waals surface area (Å²) in [6.45, 7) is 10.4. The monoisotopic (exact) mass is 359 g/mol. The molecule has 0 aliphatic rings. The molecule has 1 amide bonds. The zero-order valence-electron chi connectivity index (χ0n) is 11.9. The molecule has 0 spiro atoms. The van der Waals surface area contributed by atoms with Gasteiger partial charge < -0.3 is 5.32 Å². The van der Waals surface area contributed by atoms with Crippen LogP contribution in [0.1, 0.15) is 45.2 Å². The number of nitrogens with one attached hydrogen (secondary N) is 1. The van der Waals surface area contributed by atoms with Crippen LogP contribution in [0.25, 0.3) is 0 Å². The molecule has 0 heterocycles. The summed E-state index contributed by atoms with van der Waals surface area (Å²) in [7, 11) is 0. The Morgan fingerprint density at radius 2 is 1.94 bits per heavy atom. The molecule has 0 aromatic heterocycles. The summed E-state index contributed by atoms with van der Waals surface area (Å²) in [5.41, 5.74) is 3.36. The predicted octanol–water partition coefficient (Wildman–Crippen LogP) is 4.54. The van der Waals surface area contributed by atoms with Gasteiger partial charge in [0.05, 0.1) is 0 Å². The van der Waals surface area contributed by atoms with E-state index in [1.807, 2.05) is 6.92 Å². The van der Waals surface area contributed by atoms with E-state index in [-0.39, 0.29) is 11.3 Å². The van der Waals surface area contributed by atoms with Crippen LogP contribution < -0.4 is 5.32 Å². The first-order chi connectivity index (χ1) is 8.23. The van der Waals surface area contributed by atoms with Gasteiger partial charge in [0.25, 0.3) is 0 Å². The van der Waals surface area contributed by atoms with E-state index in [4.69, 9.17) is 0 Å². The van der Waals surface area contributed by atoms with E-state index in [0.29, 0.717) is 6.42 Å². The number of amides is 1. The van der Waals surface area contributed by atoms with Gasteiger partial charge in [0.1, 0.15) is 0 Å². The topological polar surface area (TPSA) is 29.1 Å². The van der Waals surface area contributed by atoms with Gasteiger partial charge in [0.15, 0.2) is 0 Å². The van der Waals surface area contributed by atoms with Crippen LogP contribution in [0.2, 0.25) is 0 Å². The van der Waals surface area contributed by atoms with Gasteiger partial charge in [-0.25, -0.2) is 0 Å². The molecule has 0 saturated carbocycles. The second-order valence-electron chi connectivity index (χ2n) is 5.90. The number of halogens is 1. The van der Waals surface area contributed by atoms with Crippen molar-refractivity contribution in [3.8, 4) is 0 Å². The molecular weight excluding hydrogens is 337 g/mol. The standard InChI is InChI=1S/C15H22INO/c1-6-11-8-12(16)7-10(2)14(11)17-13(18)9-15(3,4)5/h7-8H,6,9H2,1-5H3,(H,17,18). The Kier molecular flexibility index (Phi) is 5.20. The SMILES string of the molecule is CCc1cc(I)cc(C)c1NC(=O)CC(C)(C)C. The molecule has 1 aromatic rings. The summed E-state index contributed by atoms with van der Waals surface area (Å²) in [6, 6.07) is 4.24. The highest BCUT2D eigenvalue weighted by Gasteiger charge is 2.17. The van der Waals surface area contributed by atoms with Crippen LogP contribution in [0.3, 0.4) is 0 Å². The van der Waals surface area contributed by atoms with Crippen molar-refractivity contribution in [1.82, 2.24) is 0 Å². The maximum absolute atomic E-state index is 12.0. The van der Waals surface area contributed by atoms with Crippen molar-refractivity contribution in [3.05, 3.63) is 26.8 Å². The molecule has 1 N–H and O–H groups in total. The molecule has 0 fully saturated rings. The number of rotatable bonds is 3. The Labute approximate surface area is 124 Å². The minimum atomic E-state index is 0.0214. The molecule has 0 aliphatic carbocycles. The van der Waals surface area contributed by atoms with Gasteiger partial charge in [-0.2, -0.15) is 0 Å². The van der Waals surface area contributed by atoms with Crippen LogP contribution in [-0.4, -0.2) is 5.91 Å². The van der Waals surface area contributed by atoms with Gasteiger partial charge in [-0.15, -0.1) is 0 Å². The van der Waals surface area contributed by atoms with Crippen molar-refractivity contribution in [2.24, 2.45) is 5.41 Å². The molecule has 0 radical (unpaired) electrons. The normalized spacial score (nSPS) is 11.4. The summed E-state index contributed by atoms with van der Waals surface area (Å²) in [5, 5.41) is 3.07. The Morgan fingerprint density at radius 3 is 2.44 bits per heavy atom. The molecule has 0 unspecified atom stereocenters. The maximum atomic E-state index is 12.0. The average Bonchev–Trinajstić information content (AvgIpc) is 2.18. The van der Waals surface area contributed by atoms with Gasteiger partial charge in [0.2, 0.25) is 5.91 Å². The first-order valence-corrected chi connectivity index (χ1v) is 7.39. The molecule has 3 heteroatoms. The number of anilines is 1. The molecular formula is C15H22INO. The van der Waals surface area contributed by atoms with Crippen molar-refractivity contribution >= 4 is 34.2 Å². The van der Waals surface area contributed by atoms with Gasteiger partial charge in [-0.3, -0.25) is 4.79 Å². The van der Waals surface area contributed by atoms with Crippen LogP contribution >= 0.6 is 22.6 Å². The second kappa shape index (κ2) is 6.04.